The lowest BCUT2D eigenvalue weighted by Crippen LogP contribution is -2.36. The fourth-order valence-electron chi connectivity index (χ4n) is 4.00. The molecule has 0 spiro atoms. The van der Waals surface area contributed by atoms with Crippen LogP contribution in [0.1, 0.15) is 43.3 Å². The molecule has 4 rings (SSSR count). The Labute approximate surface area is 153 Å². The number of aliphatic hydroxyl groups is 1. The highest BCUT2D eigenvalue weighted by atomic mass is 16.3. The first kappa shape index (κ1) is 17.4. The molecule has 4 heterocycles. The molecule has 0 radical (unpaired) electrons. The predicted molar refractivity (Wildman–Crippen MR) is 97.7 cm³/mol. The van der Waals surface area contributed by atoms with E-state index < -0.39 is 0 Å². The van der Waals surface area contributed by atoms with Crippen LogP contribution in [-0.4, -0.2) is 67.0 Å². The van der Waals surface area contributed by atoms with E-state index in [0.717, 1.165) is 75.9 Å². The van der Waals surface area contributed by atoms with Crippen molar-refractivity contribution in [2.45, 2.75) is 44.2 Å². The van der Waals surface area contributed by atoms with Crippen molar-refractivity contribution in [3.8, 4) is 0 Å². The molecule has 0 bridgehead atoms. The molecule has 8 nitrogen and oxygen atoms in total. The number of nitrogens with zero attached hydrogens (tertiary/aromatic N) is 7. The van der Waals surface area contributed by atoms with Gasteiger partial charge in [-0.25, -0.2) is 4.98 Å². The molecule has 2 aromatic heterocycles. The van der Waals surface area contributed by atoms with Crippen molar-refractivity contribution in [1.82, 2.24) is 29.6 Å². The summed E-state index contributed by atoms with van der Waals surface area (Å²) in [5.41, 5.74) is 0. The Morgan fingerprint density at radius 3 is 2.73 bits per heavy atom. The Morgan fingerprint density at radius 2 is 1.96 bits per heavy atom. The SMILES string of the molecule is Cn1c(CN2CCC(O)CC2)nnc1C1CCCN(c2cnccn2)C1. The second-order valence-corrected chi connectivity index (χ2v) is 7.39. The van der Waals surface area contributed by atoms with E-state index in [1.54, 1.807) is 12.4 Å². The van der Waals surface area contributed by atoms with Gasteiger partial charge in [0.05, 0.1) is 18.8 Å². The zero-order valence-corrected chi connectivity index (χ0v) is 15.3. The number of hydrogen-bond donors (Lipinski definition) is 1. The molecule has 1 N–H and O–H groups in total. The molecule has 1 unspecified atom stereocenters. The molecule has 0 amide bonds. The highest BCUT2D eigenvalue weighted by molar-refractivity contribution is 5.36. The lowest BCUT2D eigenvalue weighted by Gasteiger charge is -2.33. The summed E-state index contributed by atoms with van der Waals surface area (Å²) in [5, 5.41) is 18.7. The third kappa shape index (κ3) is 3.71. The van der Waals surface area contributed by atoms with Crippen molar-refractivity contribution in [3.05, 3.63) is 30.2 Å². The first-order chi connectivity index (χ1) is 12.7. The van der Waals surface area contributed by atoms with Crippen LogP contribution in [-0.2, 0) is 13.6 Å². The molecule has 0 aliphatic carbocycles. The Kier molecular flexibility index (Phi) is 5.12. The molecule has 8 heteroatoms. The molecule has 0 saturated carbocycles. The normalized spacial score (nSPS) is 22.7. The van der Waals surface area contributed by atoms with E-state index in [0.29, 0.717) is 5.92 Å². The van der Waals surface area contributed by atoms with E-state index in [4.69, 9.17) is 0 Å². The van der Waals surface area contributed by atoms with Gasteiger partial charge >= 0.3 is 0 Å². The Balaban J connectivity index is 1.44. The molecule has 2 fully saturated rings. The first-order valence-corrected chi connectivity index (χ1v) is 9.50. The molecule has 26 heavy (non-hydrogen) atoms. The van der Waals surface area contributed by atoms with Crippen LogP contribution >= 0.6 is 0 Å². The number of aliphatic hydroxyl groups excluding tert-OH is 1. The van der Waals surface area contributed by atoms with Crippen LogP contribution in [0.3, 0.4) is 0 Å². The second-order valence-electron chi connectivity index (χ2n) is 7.39. The van der Waals surface area contributed by atoms with Gasteiger partial charge in [-0.3, -0.25) is 9.88 Å². The molecule has 140 valence electrons. The molecule has 2 aliphatic rings. The van der Waals surface area contributed by atoms with Crippen LogP contribution in [0, 0.1) is 0 Å². The van der Waals surface area contributed by atoms with Gasteiger partial charge in [0.2, 0.25) is 0 Å². The predicted octanol–water partition coefficient (Wildman–Crippen LogP) is 0.946. The molecule has 2 aliphatic heterocycles. The average molecular weight is 357 g/mol. The largest absolute Gasteiger partial charge is 0.393 e. The van der Waals surface area contributed by atoms with Gasteiger partial charge in [-0.2, -0.15) is 0 Å². The van der Waals surface area contributed by atoms with Crippen molar-refractivity contribution >= 4 is 5.82 Å². The minimum absolute atomic E-state index is 0.143. The fraction of sp³-hybridized carbons (Fsp3) is 0.667. The van der Waals surface area contributed by atoms with E-state index >= 15 is 0 Å². The molecule has 0 aromatic carbocycles. The smallest absolute Gasteiger partial charge is 0.147 e. The van der Waals surface area contributed by atoms with Crippen molar-refractivity contribution < 1.29 is 5.11 Å². The third-order valence-electron chi connectivity index (χ3n) is 5.58. The average Bonchev–Trinajstić information content (AvgIpc) is 3.05. The lowest BCUT2D eigenvalue weighted by atomic mass is 9.97. The minimum atomic E-state index is -0.143. The highest BCUT2D eigenvalue weighted by Gasteiger charge is 2.27. The number of likely N-dealkylation sites (tertiary alicyclic amines) is 1. The number of rotatable bonds is 4. The van der Waals surface area contributed by atoms with Gasteiger partial charge in [-0.1, -0.05) is 0 Å². The van der Waals surface area contributed by atoms with Crippen LogP contribution in [0.15, 0.2) is 18.6 Å². The van der Waals surface area contributed by atoms with E-state index in [9.17, 15) is 5.11 Å². The van der Waals surface area contributed by atoms with Crippen molar-refractivity contribution in [1.29, 1.82) is 0 Å². The van der Waals surface area contributed by atoms with Crippen LogP contribution in [0.4, 0.5) is 5.82 Å². The van der Waals surface area contributed by atoms with Gasteiger partial charge in [-0.15, -0.1) is 10.2 Å². The van der Waals surface area contributed by atoms with Crippen LogP contribution in [0.5, 0.6) is 0 Å². The van der Waals surface area contributed by atoms with Crippen molar-refractivity contribution in [3.63, 3.8) is 0 Å². The van der Waals surface area contributed by atoms with Gasteiger partial charge < -0.3 is 14.6 Å². The first-order valence-electron chi connectivity index (χ1n) is 9.50. The second kappa shape index (κ2) is 7.67. The van der Waals surface area contributed by atoms with Gasteiger partial charge in [0.15, 0.2) is 0 Å². The van der Waals surface area contributed by atoms with Crippen molar-refractivity contribution in [2.75, 3.05) is 31.1 Å². The highest BCUT2D eigenvalue weighted by Crippen LogP contribution is 2.28. The van der Waals surface area contributed by atoms with Gasteiger partial charge in [0, 0.05) is 51.5 Å². The Bertz CT molecular complexity index is 712. The van der Waals surface area contributed by atoms with Gasteiger partial charge in [0.1, 0.15) is 17.5 Å². The number of piperidine rings is 2. The quantitative estimate of drug-likeness (QED) is 0.872. The molecule has 2 aromatic rings. The van der Waals surface area contributed by atoms with E-state index in [1.165, 1.54) is 0 Å². The van der Waals surface area contributed by atoms with Crippen molar-refractivity contribution in [2.24, 2.45) is 7.05 Å². The van der Waals surface area contributed by atoms with Crippen LogP contribution in [0.25, 0.3) is 0 Å². The summed E-state index contributed by atoms with van der Waals surface area (Å²) in [6, 6.07) is 0. The summed E-state index contributed by atoms with van der Waals surface area (Å²) in [5.74, 6) is 3.37. The maximum atomic E-state index is 9.67. The van der Waals surface area contributed by atoms with Gasteiger partial charge in [-0.05, 0) is 25.7 Å². The zero-order valence-electron chi connectivity index (χ0n) is 15.3. The third-order valence-corrected chi connectivity index (χ3v) is 5.58. The molecule has 2 saturated heterocycles. The summed E-state index contributed by atoms with van der Waals surface area (Å²) in [6.07, 6.45) is 9.08. The Hall–Kier alpha value is -2.06. The van der Waals surface area contributed by atoms with Gasteiger partial charge in [0.25, 0.3) is 0 Å². The van der Waals surface area contributed by atoms with E-state index in [-0.39, 0.29) is 6.10 Å². The zero-order chi connectivity index (χ0) is 17.9. The number of aromatic nitrogens is 5. The summed E-state index contributed by atoms with van der Waals surface area (Å²) >= 11 is 0. The number of anilines is 1. The van der Waals surface area contributed by atoms with Crippen LogP contribution in [0.2, 0.25) is 0 Å². The standard InChI is InChI=1S/C18H27N7O/c1-23-17(13-24-9-4-15(26)5-10-24)21-22-18(23)14-3-2-8-25(12-14)16-11-19-6-7-20-16/h6-7,11,14-15,26H,2-5,8-10,12-13H2,1H3. The van der Waals surface area contributed by atoms with E-state index in [2.05, 4.69) is 41.6 Å². The minimum Gasteiger partial charge on any atom is -0.393 e. The monoisotopic (exact) mass is 357 g/mol. The topological polar surface area (TPSA) is 83.2 Å². The van der Waals surface area contributed by atoms with E-state index in [1.807, 2.05) is 6.20 Å². The molecule has 1 atom stereocenters. The summed E-state index contributed by atoms with van der Waals surface area (Å²) < 4.78 is 2.16. The molecular formula is C18H27N7O. The number of hydrogen-bond acceptors (Lipinski definition) is 7. The summed E-state index contributed by atoms with van der Waals surface area (Å²) in [7, 11) is 2.07. The lowest BCUT2D eigenvalue weighted by molar-refractivity contribution is 0.0775. The maximum Gasteiger partial charge on any atom is 0.147 e. The summed E-state index contributed by atoms with van der Waals surface area (Å²) in [6.45, 7) is 4.56. The fourth-order valence-corrected chi connectivity index (χ4v) is 4.00. The molecular weight excluding hydrogens is 330 g/mol. The Morgan fingerprint density at radius 1 is 1.12 bits per heavy atom. The summed E-state index contributed by atoms with van der Waals surface area (Å²) in [4.78, 5) is 13.3. The maximum absolute atomic E-state index is 9.67. The van der Waals surface area contributed by atoms with Crippen LogP contribution < -0.4 is 4.90 Å².